The summed E-state index contributed by atoms with van der Waals surface area (Å²) in [5.74, 6) is -1.50. The van der Waals surface area contributed by atoms with E-state index in [1.165, 1.54) is 6.08 Å². The van der Waals surface area contributed by atoms with E-state index in [-0.39, 0.29) is 17.6 Å². The molecule has 1 aliphatic rings. The van der Waals surface area contributed by atoms with Crippen LogP contribution in [-0.2, 0) is 4.79 Å². The van der Waals surface area contributed by atoms with Gasteiger partial charge in [-0.15, -0.1) is 0 Å². The molecule has 1 amide bonds. The summed E-state index contributed by atoms with van der Waals surface area (Å²) in [7, 11) is 0. The zero-order valence-electron chi connectivity index (χ0n) is 16.9. The van der Waals surface area contributed by atoms with Crippen LogP contribution in [0.15, 0.2) is 66.7 Å². The Hall–Kier alpha value is -3.80. The lowest BCUT2D eigenvalue weighted by molar-refractivity contribution is -0.143. The molecule has 0 radical (unpaired) electrons. The monoisotopic (exact) mass is 414 g/mol. The Labute approximate surface area is 179 Å². The van der Waals surface area contributed by atoms with Crippen molar-refractivity contribution in [3.8, 4) is 0 Å². The number of ketones is 1. The highest BCUT2D eigenvalue weighted by Crippen LogP contribution is 2.20. The molecule has 0 aliphatic carbocycles. The molecule has 1 aliphatic heterocycles. The first-order valence-corrected chi connectivity index (χ1v) is 10.2. The van der Waals surface area contributed by atoms with E-state index in [4.69, 9.17) is 5.11 Å². The summed E-state index contributed by atoms with van der Waals surface area (Å²) in [5, 5.41) is 10.1. The fourth-order valence-corrected chi connectivity index (χ4v) is 3.72. The number of piperidine rings is 1. The molecule has 2 heterocycles. The highest BCUT2D eigenvalue weighted by Gasteiger charge is 2.27. The SMILES string of the molecule is O=C(C=Cc1ccc2ccccc2n1)c1ccc(C(=O)N2CCC(C(=O)O)CC2)cc1. The second-order valence-electron chi connectivity index (χ2n) is 7.61. The third kappa shape index (κ3) is 4.69. The number of aliphatic carboxylic acids is 1. The van der Waals surface area contributed by atoms with Gasteiger partial charge < -0.3 is 10.0 Å². The number of aromatic nitrogens is 1. The summed E-state index contributed by atoms with van der Waals surface area (Å²) in [6.45, 7) is 0.857. The number of pyridine rings is 1. The smallest absolute Gasteiger partial charge is 0.306 e. The van der Waals surface area contributed by atoms with Gasteiger partial charge in [0.25, 0.3) is 5.91 Å². The van der Waals surface area contributed by atoms with Crippen LogP contribution < -0.4 is 0 Å². The molecule has 1 fully saturated rings. The molecule has 6 nitrogen and oxygen atoms in total. The van der Waals surface area contributed by atoms with Crippen LogP contribution in [0, 0.1) is 5.92 Å². The first-order valence-electron chi connectivity index (χ1n) is 10.2. The van der Waals surface area contributed by atoms with Gasteiger partial charge in [0.15, 0.2) is 5.78 Å². The number of benzene rings is 2. The van der Waals surface area contributed by atoms with Gasteiger partial charge in [-0.2, -0.15) is 0 Å². The van der Waals surface area contributed by atoms with Crippen molar-refractivity contribution in [1.82, 2.24) is 9.88 Å². The first kappa shape index (κ1) is 20.5. The summed E-state index contributed by atoms with van der Waals surface area (Å²) in [6.07, 6.45) is 4.08. The Balaban J connectivity index is 1.40. The van der Waals surface area contributed by atoms with Crippen molar-refractivity contribution in [2.75, 3.05) is 13.1 Å². The zero-order chi connectivity index (χ0) is 21.8. The summed E-state index contributed by atoms with van der Waals surface area (Å²) in [6, 6.07) is 18.2. The van der Waals surface area contributed by atoms with E-state index in [1.807, 2.05) is 36.4 Å². The molecule has 6 heteroatoms. The molecule has 2 aromatic carbocycles. The molecule has 1 saturated heterocycles. The summed E-state index contributed by atoms with van der Waals surface area (Å²) < 4.78 is 0. The van der Waals surface area contributed by atoms with Gasteiger partial charge in [0.05, 0.1) is 17.1 Å². The second-order valence-corrected chi connectivity index (χ2v) is 7.61. The fraction of sp³-hybridized carbons (Fsp3) is 0.200. The van der Waals surface area contributed by atoms with Crippen LogP contribution in [-0.4, -0.2) is 45.7 Å². The van der Waals surface area contributed by atoms with E-state index >= 15 is 0 Å². The predicted molar refractivity (Wildman–Crippen MR) is 118 cm³/mol. The molecule has 0 saturated carbocycles. The van der Waals surface area contributed by atoms with Crippen molar-refractivity contribution in [3.05, 3.63) is 83.6 Å². The summed E-state index contributed by atoms with van der Waals surface area (Å²) >= 11 is 0. The van der Waals surface area contributed by atoms with E-state index in [1.54, 1.807) is 35.2 Å². The average molecular weight is 414 g/mol. The molecule has 1 aromatic heterocycles. The largest absolute Gasteiger partial charge is 0.481 e. The van der Waals surface area contributed by atoms with Crippen molar-refractivity contribution >= 4 is 34.6 Å². The lowest BCUT2D eigenvalue weighted by Gasteiger charge is -2.30. The van der Waals surface area contributed by atoms with Crippen LogP contribution in [0.2, 0.25) is 0 Å². The van der Waals surface area contributed by atoms with E-state index in [0.717, 1.165) is 10.9 Å². The van der Waals surface area contributed by atoms with Crippen molar-refractivity contribution < 1.29 is 19.5 Å². The van der Waals surface area contributed by atoms with Crippen LogP contribution in [0.3, 0.4) is 0 Å². The highest BCUT2D eigenvalue weighted by molar-refractivity contribution is 6.07. The van der Waals surface area contributed by atoms with Crippen molar-refractivity contribution in [1.29, 1.82) is 0 Å². The predicted octanol–water partition coefficient (Wildman–Crippen LogP) is 4.07. The standard InChI is InChI=1S/C25H22N2O4/c28-23(12-11-21-10-9-17-3-1-2-4-22(17)26-21)18-5-7-19(8-6-18)24(29)27-15-13-20(14-16-27)25(30)31/h1-12,20H,13-16H2,(H,30,31). The molecule has 4 rings (SSSR count). The Morgan fingerprint density at radius 3 is 2.29 bits per heavy atom. The highest BCUT2D eigenvalue weighted by atomic mass is 16.4. The number of nitrogens with zero attached hydrogens (tertiary/aromatic N) is 2. The van der Waals surface area contributed by atoms with Crippen LogP contribution in [0.1, 0.15) is 39.3 Å². The number of hydrogen-bond acceptors (Lipinski definition) is 4. The number of fused-ring (bicyclic) bond motifs is 1. The molecule has 156 valence electrons. The quantitative estimate of drug-likeness (QED) is 0.502. The number of rotatable bonds is 5. The van der Waals surface area contributed by atoms with Crippen LogP contribution >= 0.6 is 0 Å². The van der Waals surface area contributed by atoms with Crippen molar-refractivity contribution in [2.24, 2.45) is 5.92 Å². The Kier molecular flexibility index (Phi) is 5.89. The number of hydrogen-bond donors (Lipinski definition) is 1. The second kappa shape index (κ2) is 8.92. The number of para-hydroxylation sites is 1. The van der Waals surface area contributed by atoms with Crippen molar-refractivity contribution in [3.63, 3.8) is 0 Å². The minimum absolute atomic E-state index is 0.140. The van der Waals surface area contributed by atoms with Crippen LogP contribution in [0.4, 0.5) is 0 Å². The first-order chi connectivity index (χ1) is 15.0. The lowest BCUT2D eigenvalue weighted by atomic mass is 9.96. The molecule has 0 atom stereocenters. The lowest BCUT2D eigenvalue weighted by Crippen LogP contribution is -2.40. The fourth-order valence-electron chi connectivity index (χ4n) is 3.72. The molecular formula is C25H22N2O4. The van der Waals surface area contributed by atoms with E-state index in [2.05, 4.69) is 4.98 Å². The van der Waals surface area contributed by atoms with Gasteiger partial charge in [-0.25, -0.2) is 4.98 Å². The minimum atomic E-state index is -0.804. The molecule has 31 heavy (non-hydrogen) atoms. The molecule has 3 aromatic rings. The van der Waals surface area contributed by atoms with Gasteiger partial charge in [-0.1, -0.05) is 36.4 Å². The van der Waals surface area contributed by atoms with Gasteiger partial charge >= 0.3 is 5.97 Å². The van der Waals surface area contributed by atoms with Crippen molar-refractivity contribution in [2.45, 2.75) is 12.8 Å². The van der Waals surface area contributed by atoms with E-state index < -0.39 is 5.97 Å². The summed E-state index contributed by atoms with van der Waals surface area (Å²) in [5.41, 5.74) is 2.54. The topological polar surface area (TPSA) is 87.6 Å². The van der Waals surface area contributed by atoms with Gasteiger partial charge in [-0.3, -0.25) is 14.4 Å². The Bertz CT molecular complexity index is 1160. The van der Waals surface area contributed by atoms with E-state index in [0.29, 0.717) is 42.8 Å². The molecular weight excluding hydrogens is 392 g/mol. The Morgan fingerprint density at radius 1 is 0.903 bits per heavy atom. The third-order valence-corrected chi connectivity index (χ3v) is 5.57. The van der Waals surface area contributed by atoms with Gasteiger partial charge in [0.2, 0.25) is 0 Å². The van der Waals surface area contributed by atoms with E-state index in [9.17, 15) is 14.4 Å². The number of carboxylic acid groups (broad SMARTS) is 1. The number of carbonyl (C=O) groups excluding carboxylic acids is 2. The number of allylic oxidation sites excluding steroid dienone is 1. The normalized spacial score (nSPS) is 14.8. The average Bonchev–Trinajstić information content (AvgIpc) is 2.82. The zero-order valence-corrected chi connectivity index (χ0v) is 16.9. The minimum Gasteiger partial charge on any atom is -0.481 e. The maximum Gasteiger partial charge on any atom is 0.306 e. The number of carbonyl (C=O) groups is 3. The number of amides is 1. The van der Waals surface area contributed by atoms with Gasteiger partial charge in [0, 0.05) is 29.6 Å². The molecule has 0 unspecified atom stereocenters. The molecule has 0 spiro atoms. The van der Waals surface area contributed by atoms with Crippen LogP contribution in [0.5, 0.6) is 0 Å². The number of carboxylic acids is 1. The molecule has 1 N–H and O–H groups in total. The third-order valence-electron chi connectivity index (χ3n) is 5.57. The van der Waals surface area contributed by atoms with Gasteiger partial charge in [-0.05, 0) is 49.3 Å². The maximum absolute atomic E-state index is 12.6. The van der Waals surface area contributed by atoms with Gasteiger partial charge in [0.1, 0.15) is 0 Å². The number of likely N-dealkylation sites (tertiary alicyclic amines) is 1. The molecule has 0 bridgehead atoms. The van der Waals surface area contributed by atoms with Crippen LogP contribution in [0.25, 0.3) is 17.0 Å². The Morgan fingerprint density at radius 2 is 1.58 bits per heavy atom. The summed E-state index contributed by atoms with van der Waals surface area (Å²) in [4.78, 5) is 42.4. The maximum atomic E-state index is 12.6.